The summed E-state index contributed by atoms with van der Waals surface area (Å²) in [7, 11) is 0. The maximum Gasteiger partial charge on any atom is 0.0866 e. The van der Waals surface area contributed by atoms with Gasteiger partial charge in [0.2, 0.25) is 0 Å². The zero-order chi connectivity index (χ0) is 12.5. The molecule has 2 heterocycles. The summed E-state index contributed by atoms with van der Waals surface area (Å²) in [6, 6.07) is 4.13. The van der Waals surface area contributed by atoms with E-state index < -0.39 is 0 Å². The quantitative estimate of drug-likeness (QED) is 0.798. The number of aromatic nitrogens is 1. The Balaban J connectivity index is 2.55. The Labute approximate surface area is 111 Å². The van der Waals surface area contributed by atoms with Crippen molar-refractivity contribution < 1.29 is 0 Å². The van der Waals surface area contributed by atoms with Crippen LogP contribution in [-0.2, 0) is 5.54 Å². The van der Waals surface area contributed by atoms with Gasteiger partial charge in [0.25, 0.3) is 0 Å². The molecule has 1 aliphatic rings. The second-order valence-electron chi connectivity index (χ2n) is 5.29. The fourth-order valence-electron chi connectivity index (χ4n) is 2.20. The SMILES string of the molecule is CC(C)(C)C1(c2ccncc2)C=CC=C(Br)N1. The fourth-order valence-corrected chi connectivity index (χ4v) is 2.67. The van der Waals surface area contributed by atoms with E-state index in [2.05, 4.69) is 71.3 Å². The number of rotatable bonds is 1. The molecule has 0 fully saturated rings. The first-order valence-corrected chi connectivity index (χ1v) is 6.49. The number of pyridine rings is 1. The minimum atomic E-state index is -0.205. The number of nitrogens with one attached hydrogen (secondary N) is 1. The van der Waals surface area contributed by atoms with E-state index in [0.29, 0.717) is 0 Å². The van der Waals surface area contributed by atoms with E-state index in [0.717, 1.165) is 4.61 Å². The third kappa shape index (κ3) is 2.16. The zero-order valence-electron chi connectivity index (χ0n) is 10.4. The van der Waals surface area contributed by atoms with E-state index in [9.17, 15) is 0 Å². The van der Waals surface area contributed by atoms with Gasteiger partial charge in [-0.15, -0.1) is 0 Å². The molecule has 17 heavy (non-hydrogen) atoms. The molecular weight excluding hydrogens is 276 g/mol. The minimum Gasteiger partial charge on any atom is -0.366 e. The summed E-state index contributed by atoms with van der Waals surface area (Å²) in [4.78, 5) is 4.09. The molecule has 3 heteroatoms. The molecule has 1 aliphatic heterocycles. The summed E-state index contributed by atoms with van der Waals surface area (Å²) in [5, 5.41) is 3.55. The second-order valence-corrected chi connectivity index (χ2v) is 6.15. The Hall–Kier alpha value is -1.09. The smallest absolute Gasteiger partial charge is 0.0866 e. The van der Waals surface area contributed by atoms with E-state index >= 15 is 0 Å². The van der Waals surface area contributed by atoms with E-state index in [-0.39, 0.29) is 11.0 Å². The molecule has 0 bridgehead atoms. The van der Waals surface area contributed by atoms with Gasteiger partial charge < -0.3 is 5.32 Å². The van der Waals surface area contributed by atoms with Crippen LogP contribution in [0.2, 0.25) is 0 Å². The van der Waals surface area contributed by atoms with E-state index in [1.54, 1.807) is 0 Å². The number of hydrogen-bond acceptors (Lipinski definition) is 2. The highest BCUT2D eigenvalue weighted by atomic mass is 79.9. The summed E-state index contributed by atoms with van der Waals surface area (Å²) in [6.45, 7) is 6.70. The average molecular weight is 293 g/mol. The summed E-state index contributed by atoms with van der Waals surface area (Å²) in [5.74, 6) is 0. The van der Waals surface area contributed by atoms with Gasteiger partial charge in [-0.3, -0.25) is 4.98 Å². The molecular formula is C14H17BrN2. The highest BCUT2D eigenvalue weighted by molar-refractivity contribution is 9.11. The molecule has 1 aromatic heterocycles. The van der Waals surface area contributed by atoms with Crippen LogP contribution in [0.3, 0.4) is 0 Å². The Kier molecular flexibility index (Phi) is 3.13. The van der Waals surface area contributed by atoms with Crippen molar-refractivity contribution in [3.8, 4) is 0 Å². The number of nitrogens with zero attached hydrogens (tertiary/aromatic N) is 1. The van der Waals surface area contributed by atoms with Crippen molar-refractivity contribution in [3.63, 3.8) is 0 Å². The Morgan fingerprint density at radius 1 is 1.24 bits per heavy atom. The van der Waals surface area contributed by atoms with Crippen LogP contribution in [0.1, 0.15) is 26.3 Å². The molecule has 90 valence electrons. The normalized spacial score (nSPS) is 24.1. The lowest BCUT2D eigenvalue weighted by atomic mass is 9.69. The van der Waals surface area contributed by atoms with Gasteiger partial charge in [-0.05, 0) is 45.1 Å². The third-order valence-corrected chi connectivity index (χ3v) is 3.69. The lowest BCUT2D eigenvalue weighted by Crippen LogP contribution is -2.50. The summed E-state index contributed by atoms with van der Waals surface area (Å²) in [6.07, 6.45) is 10.00. The molecule has 0 aromatic carbocycles. The Morgan fingerprint density at radius 3 is 2.41 bits per heavy atom. The van der Waals surface area contributed by atoms with Crippen molar-refractivity contribution in [2.75, 3.05) is 0 Å². The topological polar surface area (TPSA) is 24.9 Å². The molecule has 2 rings (SSSR count). The summed E-state index contributed by atoms with van der Waals surface area (Å²) < 4.78 is 1.01. The number of hydrogen-bond donors (Lipinski definition) is 1. The number of allylic oxidation sites excluding steroid dienone is 2. The average Bonchev–Trinajstić information content (AvgIpc) is 2.28. The van der Waals surface area contributed by atoms with Crippen LogP contribution in [0.4, 0.5) is 0 Å². The van der Waals surface area contributed by atoms with Gasteiger partial charge in [0.05, 0.1) is 10.1 Å². The van der Waals surface area contributed by atoms with Crippen LogP contribution in [0.5, 0.6) is 0 Å². The van der Waals surface area contributed by atoms with Gasteiger partial charge in [-0.1, -0.05) is 32.9 Å². The Bertz CT molecular complexity index is 457. The van der Waals surface area contributed by atoms with Crippen LogP contribution < -0.4 is 5.32 Å². The van der Waals surface area contributed by atoms with Crippen LogP contribution in [0.15, 0.2) is 47.4 Å². The van der Waals surface area contributed by atoms with E-state index in [4.69, 9.17) is 0 Å². The first-order chi connectivity index (χ1) is 7.96. The molecule has 0 aliphatic carbocycles. The molecule has 1 N–H and O–H groups in total. The molecule has 2 nitrogen and oxygen atoms in total. The van der Waals surface area contributed by atoms with Gasteiger partial charge in [0.1, 0.15) is 0 Å². The van der Waals surface area contributed by atoms with Crippen molar-refractivity contribution >= 4 is 15.9 Å². The molecule has 0 radical (unpaired) electrons. The molecule has 0 saturated carbocycles. The van der Waals surface area contributed by atoms with Gasteiger partial charge in [-0.2, -0.15) is 0 Å². The number of dihydropyridines is 1. The van der Waals surface area contributed by atoms with Crippen molar-refractivity contribution in [1.29, 1.82) is 0 Å². The maximum absolute atomic E-state index is 4.09. The summed E-state index contributed by atoms with van der Waals surface area (Å²) >= 11 is 3.54. The first kappa shape index (κ1) is 12.4. The maximum atomic E-state index is 4.09. The number of halogens is 1. The lowest BCUT2D eigenvalue weighted by Gasteiger charge is -2.45. The first-order valence-electron chi connectivity index (χ1n) is 5.69. The van der Waals surface area contributed by atoms with Crippen LogP contribution >= 0.6 is 15.9 Å². The van der Waals surface area contributed by atoms with Crippen molar-refractivity contribution in [2.45, 2.75) is 26.3 Å². The molecule has 0 spiro atoms. The van der Waals surface area contributed by atoms with Gasteiger partial charge in [-0.25, -0.2) is 0 Å². The van der Waals surface area contributed by atoms with Crippen LogP contribution in [0, 0.1) is 5.41 Å². The highest BCUT2D eigenvalue weighted by Gasteiger charge is 2.42. The zero-order valence-corrected chi connectivity index (χ0v) is 12.0. The fraction of sp³-hybridized carbons (Fsp3) is 0.357. The highest BCUT2D eigenvalue weighted by Crippen LogP contribution is 2.43. The van der Waals surface area contributed by atoms with E-state index in [1.165, 1.54) is 5.56 Å². The van der Waals surface area contributed by atoms with Crippen molar-refractivity contribution in [1.82, 2.24) is 10.3 Å². The Morgan fingerprint density at radius 2 is 1.88 bits per heavy atom. The van der Waals surface area contributed by atoms with Gasteiger partial charge >= 0.3 is 0 Å². The second kappa shape index (κ2) is 4.30. The monoisotopic (exact) mass is 292 g/mol. The molecule has 0 amide bonds. The predicted octanol–water partition coefficient (Wildman–Crippen LogP) is 3.72. The third-order valence-electron chi connectivity index (χ3n) is 3.22. The summed E-state index contributed by atoms with van der Waals surface area (Å²) in [5.41, 5.74) is 1.07. The predicted molar refractivity (Wildman–Crippen MR) is 74.7 cm³/mol. The molecule has 1 atom stereocenters. The van der Waals surface area contributed by atoms with Crippen molar-refractivity contribution in [2.24, 2.45) is 5.41 Å². The van der Waals surface area contributed by atoms with Crippen molar-refractivity contribution in [3.05, 3.63) is 52.9 Å². The van der Waals surface area contributed by atoms with E-state index in [1.807, 2.05) is 18.5 Å². The minimum absolute atomic E-state index is 0.0537. The largest absolute Gasteiger partial charge is 0.366 e. The van der Waals surface area contributed by atoms with Crippen LogP contribution in [-0.4, -0.2) is 4.98 Å². The standard InChI is InChI=1S/C14H17BrN2/c1-13(2,3)14(8-4-5-12(15)17-14)11-6-9-16-10-7-11/h4-10,17H,1-3H3. The molecule has 1 aromatic rings. The molecule has 1 unspecified atom stereocenters. The van der Waals surface area contributed by atoms with Gasteiger partial charge in [0.15, 0.2) is 0 Å². The van der Waals surface area contributed by atoms with Gasteiger partial charge in [0, 0.05) is 12.4 Å². The lowest BCUT2D eigenvalue weighted by molar-refractivity contribution is 0.206. The molecule has 0 saturated heterocycles. The van der Waals surface area contributed by atoms with Crippen LogP contribution in [0.25, 0.3) is 0 Å².